The Bertz CT molecular complexity index is 2850. The summed E-state index contributed by atoms with van der Waals surface area (Å²) in [6.45, 7) is 0. The molecule has 0 spiro atoms. The third-order valence-electron chi connectivity index (χ3n) is 9.27. The molecule has 47 heavy (non-hydrogen) atoms. The molecule has 0 amide bonds. The fraction of sp³-hybridized carbons (Fsp3) is 0. The maximum Gasteiger partial charge on any atom is 0.164 e. The van der Waals surface area contributed by atoms with Crippen LogP contribution >= 0.6 is 0 Å². The summed E-state index contributed by atoms with van der Waals surface area (Å²) in [7, 11) is 0. The number of furan rings is 1. The van der Waals surface area contributed by atoms with Gasteiger partial charge in [-0.15, -0.1) is 0 Å². The van der Waals surface area contributed by atoms with Gasteiger partial charge in [0, 0.05) is 32.8 Å². The molecule has 0 saturated carbocycles. The van der Waals surface area contributed by atoms with E-state index in [4.69, 9.17) is 19.4 Å². The SMILES string of the molecule is c1ccc(-c2nc(-c3ccc4ccccc4c3)nc(-c3ccc4c(ccc5ccc6c(ccc7c8ccccc8oc76)c54)c3)n2)cc1. The number of hydrogen-bond acceptors (Lipinski definition) is 4. The van der Waals surface area contributed by atoms with Gasteiger partial charge >= 0.3 is 0 Å². The Labute approximate surface area is 269 Å². The molecule has 4 nitrogen and oxygen atoms in total. The van der Waals surface area contributed by atoms with E-state index < -0.39 is 0 Å². The maximum absolute atomic E-state index is 6.40. The molecule has 0 saturated heterocycles. The van der Waals surface area contributed by atoms with Crippen molar-refractivity contribution in [2.24, 2.45) is 0 Å². The minimum atomic E-state index is 0.644. The Hall–Kier alpha value is -6.39. The Kier molecular flexibility index (Phi) is 5.54. The first-order chi connectivity index (χ1) is 23.3. The lowest BCUT2D eigenvalue weighted by atomic mass is 9.94. The van der Waals surface area contributed by atoms with Crippen molar-refractivity contribution in [3.8, 4) is 34.2 Å². The lowest BCUT2D eigenvalue weighted by Crippen LogP contribution is -2.00. The molecule has 218 valence electrons. The molecule has 0 bridgehead atoms. The fourth-order valence-corrected chi connectivity index (χ4v) is 6.97. The Morgan fingerprint density at radius 3 is 1.74 bits per heavy atom. The first-order valence-electron chi connectivity index (χ1n) is 15.8. The zero-order valence-corrected chi connectivity index (χ0v) is 25.2. The van der Waals surface area contributed by atoms with Gasteiger partial charge < -0.3 is 4.42 Å². The largest absolute Gasteiger partial charge is 0.455 e. The average Bonchev–Trinajstić information content (AvgIpc) is 3.53. The summed E-state index contributed by atoms with van der Waals surface area (Å²) in [4.78, 5) is 15.0. The van der Waals surface area contributed by atoms with Crippen molar-refractivity contribution in [1.82, 2.24) is 15.0 Å². The predicted octanol–water partition coefficient (Wildman–Crippen LogP) is 11.4. The summed E-state index contributed by atoms with van der Waals surface area (Å²) in [5.74, 6) is 1.95. The van der Waals surface area contributed by atoms with Gasteiger partial charge in [-0.3, -0.25) is 0 Å². The monoisotopic (exact) mass is 599 g/mol. The molecule has 0 radical (unpaired) electrons. The summed E-state index contributed by atoms with van der Waals surface area (Å²) in [5, 5.41) is 11.6. The molecule has 0 N–H and O–H groups in total. The van der Waals surface area contributed by atoms with Gasteiger partial charge in [-0.05, 0) is 68.0 Å². The van der Waals surface area contributed by atoms with Crippen molar-refractivity contribution < 1.29 is 4.42 Å². The van der Waals surface area contributed by atoms with Crippen molar-refractivity contribution >= 4 is 65.0 Å². The second kappa shape index (κ2) is 10.1. The number of benzene rings is 8. The van der Waals surface area contributed by atoms with E-state index in [1.807, 2.05) is 42.5 Å². The Morgan fingerprint density at radius 1 is 0.340 bits per heavy atom. The van der Waals surface area contributed by atoms with E-state index in [9.17, 15) is 0 Å². The van der Waals surface area contributed by atoms with Gasteiger partial charge in [0.2, 0.25) is 0 Å². The minimum absolute atomic E-state index is 0.644. The number of hydrogen-bond donors (Lipinski definition) is 0. The molecule has 0 aliphatic rings. The highest BCUT2D eigenvalue weighted by molar-refractivity contribution is 6.26. The molecule has 0 unspecified atom stereocenters. The zero-order valence-electron chi connectivity index (χ0n) is 25.2. The van der Waals surface area contributed by atoms with Gasteiger partial charge in [0.1, 0.15) is 11.2 Å². The van der Waals surface area contributed by atoms with Crippen LogP contribution in [0.25, 0.3) is 99.2 Å². The number of aromatic nitrogens is 3. The zero-order chi connectivity index (χ0) is 30.9. The molecule has 0 atom stereocenters. The highest BCUT2D eigenvalue weighted by Crippen LogP contribution is 2.39. The van der Waals surface area contributed by atoms with Gasteiger partial charge in [0.15, 0.2) is 17.5 Å². The van der Waals surface area contributed by atoms with Crippen LogP contribution in [0.3, 0.4) is 0 Å². The normalized spacial score (nSPS) is 11.8. The number of rotatable bonds is 3. The van der Waals surface area contributed by atoms with Gasteiger partial charge in [0.05, 0.1) is 0 Å². The van der Waals surface area contributed by atoms with Crippen LogP contribution in [0.4, 0.5) is 0 Å². The van der Waals surface area contributed by atoms with Crippen LogP contribution in [0.5, 0.6) is 0 Å². The minimum Gasteiger partial charge on any atom is -0.455 e. The maximum atomic E-state index is 6.40. The molecular formula is C43H25N3O. The van der Waals surface area contributed by atoms with Crippen molar-refractivity contribution in [2.45, 2.75) is 0 Å². The number of fused-ring (bicyclic) bond motifs is 10. The molecule has 0 aliphatic carbocycles. The summed E-state index contributed by atoms with van der Waals surface area (Å²) in [6.07, 6.45) is 0. The van der Waals surface area contributed by atoms with Crippen molar-refractivity contribution in [2.75, 3.05) is 0 Å². The lowest BCUT2D eigenvalue weighted by molar-refractivity contribution is 0.672. The van der Waals surface area contributed by atoms with Crippen molar-refractivity contribution in [3.63, 3.8) is 0 Å². The van der Waals surface area contributed by atoms with Gasteiger partial charge in [-0.2, -0.15) is 0 Å². The molecule has 8 aromatic carbocycles. The second-order valence-electron chi connectivity index (χ2n) is 12.0. The number of para-hydroxylation sites is 1. The molecule has 0 fully saturated rings. The third-order valence-corrected chi connectivity index (χ3v) is 9.27. The van der Waals surface area contributed by atoms with E-state index in [2.05, 4.69) is 109 Å². The van der Waals surface area contributed by atoms with Gasteiger partial charge in [0.25, 0.3) is 0 Å². The van der Waals surface area contributed by atoms with Crippen LogP contribution in [0.2, 0.25) is 0 Å². The third kappa shape index (κ3) is 4.12. The first-order valence-corrected chi connectivity index (χ1v) is 15.8. The lowest BCUT2D eigenvalue weighted by Gasteiger charge is -2.11. The van der Waals surface area contributed by atoms with E-state index in [0.29, 0.717) is 17.5 Å². The predicted molar refractivity (Wildman–Crippen MR) is 193 cm³/mol. The Morgan fingerprint density at radius 2 is 0.894 bits per heavy atom. The summed E-state index contributed by atoms with van der Waals surface area (Å²) in [5.41, 5.74) is 4.69. The topological polar surface area (TPSA) is 51.8 Å². The standard InChI is InChI=1S/C43H25N3O/c1-2-9-28(10-3-1)41-44-42(31-17-14-26-8-4-5-11-29(26)24-31)46-43(45-41)32-19-20-33-30(25-32)16-15-27-18-21-37-35(39(27)33)22-23-36-34-12-6-7-13-38(34)47-40(36)37/h1-25H. The van der Waals surface area contributed by atoms with E-state index in [1.165, 1.54) is 26.9 Å². The van der Waals surface area contributed by atoms with Crippen LogP contribution in [0.1, 0.15) is 0 Å². The van der Waals surface area contributed by atoms with Crippen molar-refractivity contribution in [1.29, 1.82) is 0 Å². The van der Waals surface area contributed by atoms with Crippen LogP contribution < -0.4 is 0 Å². The summed E-state index contributed by atoms with van der Waals surface area (Å²) in [6, 6.07) is 52.8. The molecule has 10 rings (SSSR count). The summed E-state index contributed by atoms with van der Waals surface area (Å²) >= 11 is 0. The molecule has 4 heteroatoms. The number of nitrogens with zero attached hydrogens (tertiary/aromatic N) is 3. The highest BCUT2D eigenvalue weighted by atomic mass is 16.3. The van der Waals surface area contributed by atoms with Crippen LogP contribution in [0, 0.1) is 0 Å². The van der Waals surface area contributed by atoms with Crippen LogP contribution in [-0.2, 0) is 0 Å². The molecular weight excluding hydrogens is 574 g/mol. The highest BCUT2D eigenvalue weighted by Gasteiger charge is 2.16. The molecule has 2 aromatic heterocycles. The van der Waals surface area contributed by atoms with E-state index in [-0.39, 0.29) is 0 Å². The van der Waals surface area contributed by atoms with Crippen molar-refractivity contribution in [3.05, 3.63) is 152 Å². The van der Waals surface area contributed by atoms with E-state index in [0.717, 1.165) is 54.8 Å². The van der Waals surface area contributed by atoms with Crippen LogP contribution in [0.15, 0.2) is 156 Å². The van der Waals surface area contributed by atoms with Gasteiger partial charge in [-0.1, -0.05) is 121 Å². The average molecular weight is 600 g/mol. The van der Waals surface area contributed by atoms with Crippen LogP contribution in [-0.4, -0.2) is 15.0 Å². The van der Waals surface area contributed by atoms with E-state index >= 15 is 0 Å². The molecule has 10 aromatic rings. The molecule has 0 aliphatic heterocycles. The van der Waals surface area contributed by atoms with E-state index in [1.54, 1.807) is 0 Å². The van der Waals surface area contributed by atoms with Gasteiger partial charge in [-0.25, -0.2) is 15.0 Å². The smallest absolute Gasteiger partial charge is 0.164 e. The molecule has 2 heterocycles. The quantitative estimate of drug-likeness (QED) is 0.190. The fourth-order valence-electron chi connectivity index (χ4n) is 6.97. The first kappa shape index (κ1) is 25.9. The Balaban J connectivity index is 1.17. The summed E-state index contributed by atoms with van der Waals surface area (Å²) < 4.78 is 6.40. The second-order valence-corrected chi connectivity index (χ2v) is 12.0.